The molecule has 4 nitrogen and oxygen atoms in total. The first kappa shape index (κ1) is 12.0. The minimum Gasteiger partial charge on any atom is -0.443 e. The second-order valence-electron chi connectivity index (χ2n) is 5.13. The molecule has 4 heteroatoms. The lowest BCUT2D eigenvalue weighted by atomic mass is 10.0. The Morgan fingerprint density at radius 1 is 1.47 bits per heavy atom. The maximum absolute atomic E-state index is 11.7. The monoisotopic (exact) mass is 213 g/mol. The molecule has 1 aliphatic rings. The van der Waals surface area contributed by atoms with Crippen LogP contribution in [0.3, 0.4) is 0 Å². The summed E-state index contributed by atoms with van der Waals surface area (Å²) in [5.74, 6) is 0.248. The van der Waals surface area contributed by atoms with Gasteiger partial charge in [0.2, 0.25) is 5.91 Å². The molecule has 0 aromatic carbocycles. The van der Waals surface area contributed by atoms with Crippen LogP contribution >= 0.6 is 0 Å². The predicted molar refractivity (Wildman–Crippen MR) is 56.3 cm³/mol. The quantitative estimate of drug-likeness (QED) is 0.619. The van der Waals surface area contributed by atoms with Crippen LogP contribution in [0.25, 0.3) is 0 Å². The van der Waals surface area contributed by atoms with Gasteiger partial charge in [-0.3, -0.25) is 4.79 Å². The normalized spacial score (nSPS) is 22.8. The Bertz CT molecular complexity index is 267. The van der Waals surface area contributed by atoms with E-state index in [0.717, 1.165) is 6.42 Å². The predicted octanol–water partition coefficient (Wildman–Crippen LogP) is 2.18. The number of piperidine rings is 1. The van der Waals surface area contributed by atoms with Crippen LogP contribution in [-0.2, 0) is 9.53 Å². The molecule has 1 rings (SSSR count). The molecule has 0 bridgehead atoms. The van der Waals surface area contributed by atoms with E-state index in [1.54, 1.807) is 20.8 Å². The van der Waals surface area contributed by atoms with Crippen molar-refractivity contribution in [1.29, 1.82) is 0 Å². The molecule has 1 heterocycles. The first-order valence-electron chi connectivity index (χ1n) is 5.33. The van der Waals surface area contributed by atoms with E-state index < -0.39 is 11.7 Å². The maximum Gasteiger partial charge on any atom is 0.417 e. The van der Waals surface area contributed by atoms with Gasteiger partial charge in [-0.2, -0.15) is 0 Å². The van der Waals surface area contributed by atoms with Gasteiger partial charge >= 0.3 is 6.09 Å². The highest BCUT2D eigenvalue weighted by Crippen LogP contribution is 2.19. The Labute approximate surface area is 90.6 Å². The van der Waals surface area contributed by atoms with Crippen LogP contribution in [0.1, 0.15) is 40.5 Å². The number of ether oxygens (including phenoxy) is 1. The van der Waals surface area contributed by atoms with E-state index in [1.165, 1.54) is 4.90 Å². The maximum atomic E-state index is 11.7. The molecule has 0 radical (unpaired) electrons. The van der Waals surface area contributed by atoms with Crippen LogP contribution in [0.2, 0.25) is 0 Å². The molecule has 0 aliphatic carbocycles. The fourth-order valence-electron chi connectivity index (χ4n) is 1.50. The Morgan fingerprint density at radius 3 is 2.60 bits per heavy atom. The van der Waals surface area contributed by atoms with Crippen LogP contribution in [0.15, 0.2) is 0 Å². The standard InChI is InChI=1S/C11H19NO3/c1-8-5-6-9(13)12(7-8)10(14)15-11(2,3)4/h8H,5-7H2,1-4H3/t8-/m1/s1. The van der Waals surface area contributed by atoms with Crippen LogP contribution in [0, 0.1) is 5.92 Å². The van der Waals surface area contributed by atoms with Crippen LogP contribution in [0.5, 0.6) is 0 Å². The molecule has 0 aromatic heterocycles. The first-order valence-corrected chi connectivity index (χ1v) is 5.33. The third-order valence-electron chi connectivity index (χ3n) is 2.26. The molecule has 1 atom stereocenters. The summed E-state index contributed by atoms with van der Waals surface area (Å²) >= 11 is 0. The van der Waals surface area contributed by atoms with Gasteiger partial charge < -0.3 is 4.74 Å². The van der Waals surface area contributed by atoms with E-state index in [2.05, 4.69) is 0 Å². The number of imide groups is 1. The third-order valence-corrected chi connectivity index (χ3v) is 2.26. The largest absolute Gasteiger partial charge is 0.443 e. The smallest absolute Gasteiger partial charge is 0.417 e. The van der Waals surface area contributed by atoms with Gasteiger partial charge in [0.25, 0.3) is 0 Å². The van der Waals surface area contributed by atoms with Crippen molar-refractivity contribution in [3.63, 3.8) is 0 Å². The molecule has 0 N–H and O–H groups in total. The number of hydrogen-bond donors (Lipinski definition) is 0. The number of nitrogens with zero attached hydrogens (tertiary/aromatic N) is 1. The fraction of sp³-hybridized carbons (Fsp3) is 0.818. The van der Waals surface area contributed by atoms with Crippen molar-refractivity contribution in [2.45, 2.75) is 46.1 Å². The van der Waals surface area contributed by atoms with Gasteiger partial charge in [-0.05, 0) is 33.1 Å². The number of rotatable bonds is 0. The average molecular weight is 213 g/mol. The lowest BCUT2D eigenvalue weighted by molar-refractivity contribution is -0.133. The van der Waals surface area contributed by atoms with Gasteiger partial charge in [0, 0.05) is 13.0 Å². The van der Waals surface area contributed by atoms with Crippen LogP contribution < -0.4 is 0 Å². The molecule has 1 aliphatic heterocycles. The van der Waals surface area contributed by atoms with Crippen molar-refractivity contribution in [1.82, 2.24) is 4.90 Å². The van der Waals surface area contributed by atoms with Gasteiger partial charge in [0.15, 0.2) is 0 Å². The zero-order valence-electron chi connectivity index (χ0n) is 9.87. The summed E-state index contributed by atoms with van der Waals surface area (Å²) in [5, 5.41) is 0. The van der Waals surface area contributed by atoms with Crippen LogP contribution in [-0.4, -0.2) is 29.0 Å². The van der Waals surface area contributed by atoms with Gasteiger partial charge in [0.1, 0.15) is 5.60 Å². The highest BCUT2D eigenvalue weighted by atomic mass is 16.6. The van der Waals surface area contributed by atoms with E-state index in [1.807, 2.05) is 6.92 Å². The molecule has 1 saturated heterocycles. The Kier molecular flexibility index (Phi) is 3.37. The second-order valence-corrected chi connectivity index (χ2v) is 5.13. The highest BCUT2D eigenvalue weighted by Gasteiger charge is 2.31. The Hall–Kier alpha value is -1.06. The molecule has 2 amide bonds. The van der Waals surface area contributed by atoms with Gasteiger partial charge in [-0.15, -0.1) is 0 Å². The molecule has 0 unspecified atom stereocenters. The van der Waals surface area contributed by atoms with E-state index >= 15 is 0 Å². The summed E-state index contributed by atoms with van der Waals surface area (Å²) in [7, 11) is 0. The minimum atomic E-state index is -0.544. The van der Waals surface area contributed by atoms with Crippen molar-refractivity contribution < 1.29 is 14.3 Å². The zero-order chi connectivity index (χ0) is 11.6. The van der Waals surface area contributed by atoms with E-state index in [9.17, 15) is 9.59 Å². The molecule has 0 aromatic rings. The summed E-state index contributed by atoms with van der Waals surface area (Å²) in [5.41, 5.74) is -0.544. The molecular weight excluding hydrogens is 194 g/mol. The summed E-state index contributed by atoms with van der Waals surface area (Å²) in [6.07, 6.45) is 0.789. The third kappa shape index (κ3) is 3.53. The minimum absolute atomic E-state index is 0.123. The summed E-state index contributed by atoms with van der Waals surface area (Å²) in [6.45, 7) is 7.89. The summed E-state index contributed by atoms with van der Waals surface area (Å²) in [6, 6.07) is 0. The number of carbonyl (C=O) groups is 2. The topological polar surface area (TPSA) is 46.6 Å². The Morgan fingerprint density at radius 2 is 2.07 bits per heavy atom. The molecule has 86 valence electrons. The number of likely N-dealkylation sites (tertiary alicyclic amines) is 1. The number of hydrogen-bond acceptors (Lipinski definition) is 3. The molecule has 15 heavy (non-hydrogen) atoms. The first-order chi connectivity index (χ1) is 6.79. The molecular formula is C11H19NO3. The fourth-order valence-corrected chi connectivity index (χ4v) is 1.50. The van der Waals surface area contributed by atoms with Crippen molar-refractivity contribution in [2.24, 2.45) is 5.92 Å². The molecule has 0 saturated carbocycles. The van der Waals surface area contributed by atoms with E-state index in [-0.39, 0.29) is 5.91 Å². The SMILES string of the molecule is C[C@@H]1CCC(=O)N(C(=O)OC(C)(C)C)C1. The van der Waals surface area contributed by atoms with Crippen molar-refractivity contribution in [2.75, 3.05) is 6.54 Å². The number of carbonyl (C=O) groups excluding carboxylic acids is 2. The van der Waals surface area contributed by atoms with E-state index in [0.29, 0.717) is 18.9 Å². The lowest BCUT2D eigenvalue weighted by Gasteiger charge is -2.31. The molecule has 1 fully saturated rings. The summed E-state index contributed by atoms with van der Waals surface area (Å²) < 4.78 is 5.16. The average Bonchev–Trinajstić information content (AvgIpc) is 2.06. The lowest BCUT2D eigenvalue weighted by Crippen LogP contribution is -2.45. The molecule has 0 spiro atoms. The van der Waals surface area contributed by atoms with Crippen molar-refractivity contribution >= 4 is 12.0 Å². The second kappa shape index (κ2) is 4.21. The zero-order valence-corrected chi connectivity index (χ0v) is 9.87. The summed E-state index contributed by atoms with van der Waals surface area (Å²) in [4.78, 5) is 24.4. The van der Waals surface area contributed by atoms with Crippen molar-refractivity contribution in [3.05, 3.63) is 0 Å². The highest BCUT2D eigenvalue weighted by molar-refractivity contribution is 5.92. The van der Waals surface area contributed by atoms with E-state index in [4.69, 9.17) is 4.74 Å². The Balaban J connectivity index is 2.61. The van der Waals surface area contributed by atoms with Gasteiger partial charge in [-0.25, -0.2) is 9.69 Å². The van der Waals surface area contributed by atoms with Gasteiger partial charge in [-0.1, -0.05) is 6.92 Å². The number of amides is 2. The van der Waals surface area contributed by atoms with Crippen LogP contribution in [0.4, 0.5) is 4.79 Å². The van der Waals surface area contributed by atoms with Gasteiger partial charge in [0.05, 0.1) is 0 Å². The van der Waals surface area contributed by atoms with Crippen molar-refractivity contribution in [3.8, 4) is 0 Å².